The summed E-state index contributed by atoms with van der Waals surface area (Å²) in [6.45, 7) is 2.61. The molecule has 2 aliphatic heterocycles. The molecule has 0 bridgehead atoms. The molecule has 1 amide bonds. The average Bonchev–Trinajstić information content (AvgIpc) is 2.67. The normalized spacial score (nSPS) is 14.8. The Balaban J connectivity index is 1.49. The molecule has 2 heterocycles. The Morgan fingerprint density at radius 2 is 1.40 bits per heavy atom. The zero-order valence-corrected chi connectivity index (χ0v) is 14.0. The highest BCUT2D eigenvalue weighted by Crippen LogP contribution is 2.32. The number of hydrogen-bond acceptors (Lipinski definition) is 5. The first-order valence-electron chi connectivity index (χ1n) is 8.24. The van der Waals surface area contributed by atoms with Crippen molar-refractivity contribution in [2.45, 2.75) is 6.54 Å². The molecule has 2 aromatic rings. The Bertz CT molecular complexity index is 804. The molecule has 25 heavy (non-hydrogen) atoms. The minimum atomic E-state index is -0.0770. The van der Waals surface area contributed by atoms with Crippen LogP contribution in [-0.4, -0.2) is 44.3 Å². The van der Waals surface area contributed by atoms with Gasteiger partial charge in [-0.3, -0.25) is 4.79 Å². The third-order valence-corrected chi connectivity index (χ3v) is 4.16. The predicted molar refractivity (Wildman–Crippen MR) is 90.7 cm³/mol. The maximum Gasteiger partial charge on any atom is 0.254 e. The van der Waals surface area contributed by atoms with Gasteiger partial charge in [-0.15, -0.1) is 0 Å². The molecular formula is C19H19NO5. The van der Waals surface area contributed by atoms with Crippen molar-refractivity contribution < 1.29 is 23.7 Å². The van der Waals surface area contributed by atoms with Crippen LogP contribution in [-0.2, 0) is 6.54 Å². The number of fused-ring (bicyclic) bond motifs is 2. The molecule has 130 valence electrons. The third-order valence-electron chi connectivity index (χ3n) is 4.16. The van der Waals surface area contributed by atoms with Crippen LogP contribution < -0.4 is 18.9 Å². The summed E-state index contributed by atoms with van der Waals surface area (Å²) in [5, 5.41) is 0. The molecule has 0 unspecified atom stereocenters. The van der Waals surface area contributed by atoms with Gasteiger partial charge < -0.3 is 23.8 Å². The highest BCUT2D eigenvalue weighted by Gasteiger charge is 2.18. The number of amides is 1. The van der Waals surface area contributed by atoms with Crippen LogP contribution in [0.2, 0.25) is 0 Å². The van der Waals surface area contributed by atoms with E-state index in [1.165, 1.54) is 0 Å². The Kier molecular flexibility index (Phi) is 4.09. The highest BCUT2D eigenvalue weighted by molar-refractivity contribution is 5.94. The molecular weight excluding hydrogens is 322 g/mol. The fourth-order valence-corrected chi connectivity index (χ4v) is 2.93. The number of carbonyl (C=O) groups is 1. The van der Waals surface area contributed by atoms with Gasteiger partial charge in [0.05, 0.1) is 0 Å². The molecule has 6 heteroatoms. The molecule has 0 radical (unpaired) electrons. The van der Waals surface area contributed by atoms with Gasteiger partial charge in [0.1, 0.15) is 26.4 Å². The molecule has 0 atom stereocenters. The van der Waals surface area contributed by atoms with Gasteiger partial charge in [-0.25, -0.2) is 0 Å². The van der Waals surface area contributed by atoms with Crippen molar-refractivity contribution in [1.29, 1.82) is 0 Å². The molecule has 0 aliphatic carbocycles. The highest BCUT2D eigenvalue weighted by atomic mass is 16.6. The topological polar surface area (TPSA) is 57.2 Å². The Morgan fingerprint density at radius 1 is 0.840 bits per heavy atom. The van der Waals surface area contributed by atoms with Gasteiger partial charge in [0.2, 0.25) is 0 Å². The van der Waals surface area contributed by atoms with Crippen molar-refractivity contribution in [3.8, 4) is 23.0 Å². The first kappa shape index (κ1) is 15.6. The largest absolute Gasteiger partial charge is 0.486 e. The monoisotopic (exact) mass is 341 g/mol. The van der Waals surface area contributed by atoms with Crippen molar-refractivity contribution in [2.75, 3.05) is 33.5 Å². The molecule has 4 rings (SSSR count). The summed E-state index contributed by atoms with van der Waals surface area (Å²) in [7, 11) is 1.77. The van der Waals surface area contributed by atoms with E-state index in [0.29, 0.717) is 50.0 Å². The van der Waals surface area contributed by atoms with Gasteiger partial charge in [-0.2, -0.15) is 0 Å². The van der Waals surface area contributed by atoms with Crippen LogP contribution in [0.1, 0.15) is 15.9 Å². The van der Waals surface area contributed by atoms with Crippen LogP contribution in [0.25, 0.3) is 0 Å². The molecule has 0 aromatic heterocycles. The molecule has 0 saturated carbocycles. The first-order valence-corrected chi connectivity index (χ1v) is 8.24. The molecule has 0 spiro atoms. The Hall–Kier alpha value is -2.89. The zero-order chi connectivity index (χ0) is 17.2. The van der Waals surface area contributed by atoms with Crippen LogP contribution in [0.15, 0.2) is 36.4 Å². The van der Waals surface area contributed by atoms with E-state index in [0.717, 1.165) is 17.1 Å². The van der Waals surface area contributed by atoms with Gasteiger partial charge in [0, 0.05) is 19.2 Å². The summed E-state index contributed by atoms with van der Waals surface area (Å²) < 4.78 is 22.2. The molecule has 2 aliphatic rings. The van der Waals surface area contributed by atoms with Crippen LogP contribution in [0.3, 0.4) is 0 Å². The summed E-state index contributed by atoms with van der Waals surface area (Å²) in [4.78, 5) is 14.4. The number of rotatable bonds is 3. The van der Waals surface area contributed by atoms with Crippen molar-refractivity contribution >= 4 is 5.91 Å². The van der Waals surface area contributed by atoms with E-state index in [1.54, 1.807) is 30.1 Å². The maximum atomic E-state index is 12.7. The van der Waals surface area contributed by atoms with E-state index in [-0.39, 0.29) is 5.91 Å². The van der Waals surface area contributed by atoms with E-state index in [9.17, 15) is 4.79 Å². The first-order chi connectivity index (χ1) is 12.2. The van der Waals surface area contributed by atoms with E-state index in [1.807, 2.05) is 18.2 Å². The van der Waals surface area contributed by atoms with Gasteiger partial charge in [-0.05, 0) is 35.9 Å². The zero-order valence-electron chi connectivity index (χ0n) is 14.0. The second-order valence-electron chi connectivity index (χ2n) is 6.00. The second-order valence-corrected chi connectivity index (χ2v) is 6.00. The fourth-order valence-electron chi connectivity index (χ4n) is 2.93. The lowest BCUT2D eigenvalue weighted by molar-refractivity contribution is 0.0783. The average molecular weight is 341 g/mol. The van der Waals surface area contributed by atoms with E-state index in [2.05, 4.69) is 0 Å². The van der Waals surface area contributed by atoms with Gasteiger partial charge >= 0.3 is 0 Å². The van der Waals surface area contributed by atoms with Gasteiger partial charge in [0.25, 0.3) is 5.91 Å². The van der Waals surface area contributed by atoms with Crippen LogP contribution in [0.4, 0.5) is 0 Å². The van der Waals surface area contributed by atoms with Crippen LogP contribution >= 0.6 is 0 Å². The summed E-state index contributed by atoms with van der Waals surface area (Å²) in [5.41, 5.74) is 1.56. The molecule has 2 aromatic carbocycles. The summed E-state index contributed by atoms with van der Waals surface area (Å²) in [5.74, 6) is 2.69. The van der Waals surface area contributed by atoms with E-state index in [4.69, 9.17) is 18.9 Å². The predicted octanol–water partition coefficient (Wildman–Crippen LogP) is 2.50. The quantitative estimate of drug-likeness (QED) is 0.858. The molecule has 0 N–H and O–H groups in total. The van der Waals surface area contributed by atoms with Gasteiger partial charge in [-0.1, -0.05) is 6.07 Å². The van der Waals surface area contributed by atoms with Gasteiger partial charge in [0.15, 0.2) is 23.0 Å². The van der Waals surface area contributed by atoms with Crippen molar-refractivity contribution in [2.24, 2.45) is 0 Å². The Morgan fingerprint density at radius 3 is 2.08 bits per heavy atom. The van der Waals surface area contributed by atoms with Crippen LogP contribution in [0, 0.1) is 0 Å². The van der Waals surface area contributed by atoms with Crippen LogP contribution in [0.5, 0.6) is 23.0 Å². The summed E-state index contributed by atoms with van der Waals surface area (Å²) in [6.07, 6.45) is 0. The SMILES string of the molecule is CN(Cc1ccc2c(c1)OCCO2)C(=O)c1ccc2c(c1)OCCO2. The number of hydrogen-bond donors (Lipinski definition) is 0. The molecule has 0 saturated heterocycles. The summed E-state index contributed by atoms with van der Waals surface area (Å²) >= 11 is 0. The molecule has 6 nitrogen and oxygen atoms in total. The lowest BCUT2D eigenvalue weighted by Gasteiger charge is -2.22. The lowest BCUT2D eigenvalue weighted by Crippen LogP contribution is -2.26. The van der Waals surface area contributed by atoms with Crippen molar-refractivity contribution in [1.82, 2.24) is 4.90 Å². The van der Waals surface area contributed by atoms with Crippen molar-refractivity contribution in [3.05, 3.63) is 47.5 Å². The van der Waals surface area contributed by atoms with Crippen molar-refractivity contribution in [3.63, 3.8) is 0 Å². The lowest BCUT2D eigenvalue weighted by atomic mass is 10.1. The minimum absolute atomic E-state index is 0.0770. The fraction of sp³-hybridized carbons (Fsp3) is 0.316. The number of carbonyl (C=O) groups excluding carboxylic acids is 1. The summed E-state index contributed by atoms with van der Waals surface area (Å²) in [6, 6.07) is 11.0. The van der Waals surface area contributed by atoms with E-state index < -0.39 is 0 Å². The second kappa shape index (κ2) is 6.55. The Labute approximate surface area is 145 Å². The standard InChI is InChI=1S/C19H19NO5/c1-20(12-13-2-4-15-17(10-13)24-8-6-22-15)19(21)14-3-5-16-18(11-14)25-9-7-23-16/h2-5,10-11H,6-9,12H2,1H3. The minimum Gasteiger partial charge on any atom is -0.486 e. The number of benzene rings is 2. The smallest absolute Gasteiger partial charge is 0.254 e. The van der Waals surface area contributed by atoms with E-state index >= 15 is 0 Å². The number of ether oxygens (including phenoxy) is 4. The maximum absolute atomic E-state index is 12.7. The third kappa shape index (κ3) is 3.20. The number of nitrogens with zero attached hydrogens (tertiary/aromatic N) is 1. The molecule has 0 fully saturated rings.